The fourth-order valence-corrected chi connectivity index (χ4v) is 2.18. The lowest BCUT2D eigenvalue weighted by Gasteiger charge is -2.12. The van der Waals surface area contributed by atoms with Crippen LogP contribution in [0, 0.1) is 18.3 Å². The van der Waals surface area contributed by atoms with E-state index in [0.717, 1.165) is 11.3 Å². The maximum absolute atomic E-state index is 8.95. The highest BCUT2D eigenvalue weighted by molar-refractivity contribution is 6.37. The van der Waals surface area contributed by atoms with Crippen molar-refractivity contribution in [3.05, 3.63) is 45.4 Å². The standard InChI is InChI=1S/C14H12Cl2N4/c1-8-3-4-9(7-17)5-12(8)19-14-11(16)6-10(15)13(18-2)20-14/h3-6H,1-2H3,(H2,18,19,20). The number of nitriles is 1. The third-order valence-corrected chi connectivity index (χ3v) is 3.36. The number of pyridine rings is 1. The summed E-state index contributed by atoms with van der Waals surface area (Å²) >= 11 is 12.1. The molecular weight excluding hydrogens is 295 g/mol. The number of aromatic nitrogens is 1. The summed E-state index contributed by atoms with van der Waals surface area (Å²) in [7, 11) is 1.73. The third kappa shape index (κ3) is 2.96. The van der Waals surface area contributed by atoms with Crippen LogP contribution in [0.15, 0.2) is 24.3 Å². The van der Waals surface area contributed by atoms with Crippen molar-refractivity contribution in [2.45, 2.75) is 6.92 Å². The Kier molecular flexibility index (Phi) is 4.33. The predicted molar refractivity (Wildman–Crippen MR) is 83.0 cm³/mol. The van der Waals surface area contributed by atoms with Crippen LogP contribution in [0.3, 0.4) is 0 Å². The number of hydrogen-bond acceptors (Lipinski definition) is 4. The van der Waals surface area contributed by atoms with Crippen molar-refractivity contribution < 1.29 is 0 Å². The van der Waals surface area contributed by atoms with E-state index in [9.17, 15) is 0 Å². The summed E-state index contributed by atoms with van der Waals surface area (Å²) in [6.45, 7) is 1.94. The number of anilines is 3. The summed E-state index contributed by atoms with van der Waals surface area (Å²) in [6.07, 6.45) is 0. The molecule has 2 N–H and O–H groups in total. The highest BCUT2D eigenvalue weighted by Crippen LogP contribution is 2.31. The molecule has 0 fully saturated rings. The van der Waals surface area contributed by atoms with Gasteiger partial charge >= 0.3 is 0 Å². The molecule has 0 saturated carbocycles. The van der Waals surface area contributed by atoms with Gasteiger partial charge in [0.25, 0.3) is 0 Å². The molecule has 0 bridgehead atoms. The zero-order valence-electron chi connectivity index (χ0n) is 11.0. The molecule has 0 saturated heterocycles. The Labute approximate surface area is 127 Å². The lowest BCUT2D eigenvalue weighted by molar-refractivity contribution is 1.27. The minimum atomic E-state index is 0.413. The predicted octanol–water partition coefficient (Wildman–Crippen LogP) is 4.35. The summed E-state index contributed by atoms with van der Waals surface area (Å²) in [5.74, 6) is 1.02. The van der Waals surface area contributed by atoms with E-state index in [1.165, 1.54) is 0 Å². The average Bonchev–Trinajstić information content (AvgIpc) is 2.44. The van der Waals surface area contributed by atoms with Crippen molar-refractivity contribution in [2.75, 3.05) is 17.7 Å². The first-order valence-corrected chi connectivity index (χ1v) is 6.62. The number of hydrogen-bond donors (Lipinski definition) is 2. The fraction of sp³-hybridized carbons (Fsp3) is 0.143. The molecule has 0 aliphatic heterocycles. The molecule has 1 aromatic carbocycles. The molecule has 0 atom stereocenters. The number of halogens is 2. The topological polar surface area (TPSA) is 60.7 Å². The number of nitrogens with zero attached hydrogens (tertiary/aromatic N) is 2. The van der Waals surface area contributed by atoms with Gasteiger partial charge in [-0.2, -0.15) is 5.26 Å². The second kappa shape index (κ2) is 6.00. The van der Waals surface area contributed by atoms with Crippen LogP contribution in [-0.2, 0) is 0 Å². The van der Waals surface area contributed by atoms with Crippen molar-refractivity contribution in [1.82, 2.24) is 4.98 Å². The molecule has 0 amide bonds. The number of aryl methyl sites for hydroxylation is 1. The number of benzene rings is 1. The number of rotatable bonds is 3. The Bertz CT molecular complexity index is 692. The SMILES string of the molecule is CNc1nc(Nc2cc(C#N)ccc2C)c(Cl)cc1Cl. The lowest BCUT2D eigenvalue weighted by atomic mass is 10.1. The summed E-state index contributed by atoms with van der Waals surface area (Å²) in [5.41, 5.74) is 2.34. The third-order valence-electron chi connectivity index (χ3n) is 2.79. The maximum Gasteiger partial charge on any atom is 0.151 e. The summed E-state index contributed by atoms with van der Waals surface area (Å²) in [6, 6.07) is 9.09. The Balaban J connectivity index is 2.42. The van der Waals surface area contributed by atoms with Crippen LogP contribution in [0.2, 0.25) is 10.0 Å². The first-order chi connectivity index (χ1) is 9.55. The Hall–Kier alpha value is -1.96. The van der Waals surface area contributed by atoms with Gasteiger partial charge in [0.15, 0.2) is 5.82 Å². The Morgan fingerprint density at radius 3 is 2.50 bits per heavy atom. The van der Waals surface area contributed by atoms with Crippen molar-refractivity contribution >= 4 is 40.5 Å². The highest BCUT2D eigenvalue weighted by Gasteiger charge is 2.10. The molecule has 20 heavy (non-hydrogen) atoms. The van der Waals surface area contributed by atoms with E-state index >= 15 is 0 Å². The molecular formula is C14H12Cl2N4. The molecule has 1 heterocycles. The van der Waals surface area contributed by atoms with Crippen molar-refractivity contribution in [2.24, 2.45) is 0 Å². The molecule has 6 heteroatoms. The summed E-state index contributed by atoms with van der Waals surface area (Å²) < 4.78 is 0. The van der Waals surface area contributed by atoms with Crippen LogP contribution in [0.5, 0.6) is 0 Å². The smallest absolute Gasteiger partial charge is 0.151 e. The van der Waals surface area contributed by atoms with Gasteiger partial charge in [-0.3, -0.25) is 0 Å². The van der Waals surface area contributed by atoms with Crippen LogP contribution in [0.1, 0.15) is 11.1 Å². The van der Waals surface area contributed by atoms with Gasteiger partial charge in [-0.1, -0.05) is 29.3 Å². The quantitative estimate of drug-likeness (QED) is 0.885. The van der Waals surface area contributed by atoms with Gasteiger partial charge in [0.2, 0.25) is 0 Å². The molecule has 4 nitrogen and oxygen atoms in total. The molecule has 102 valence electrons. The molecule has 1 aromatic heterocycles. The maximum atomic E-state index is 8.95. The van der Waals surface area contributed by atoms with Crippen LogP contribution in [0.4, 0.5) is 17.3 Å². The largest absolute Gasteiger partial charge is 0.372 e. The Morgan fingerprint density at radius 2 is 1.85 bits per heavy atom. The monoisotopic (exact) mass is 306 g/mol. The van der Waals surface area contributed by atoms with Gasteiger partial charge < -0.3 is 10.6 Å². The molecule has 0 radical (unpaired) electrons. The minimum Gasteiger partial charge on any atom is -0.372 e. The van der Waals surface area contributed by atoms with Gasteiger partial charge in [0.1, 0.15) is 5.82 Å². The van der Waals surface area contributed by atoms with E-state index in [1.807, 2.05) is 13.0 Å². The zero-order valence-corrected chi connectivity index (χ0v) is 12.5. The van der Waals surface area contributed by atoms with Gasteiger partial charge in [-0.25, -0.2) is 4.98 Å². The first-order valence-electron chi connectivity index (χ1n) is 5.86. The van der Waals surface area contributed by atoms with E-state index in [1.54, 1.807) is 25.2 Å². The fourth-order valence-electron chi connectivity index (χ4n) is 1.68. The average molecular weight is 307 g/mol. The molecule has 0 spiro atoms. The lowest BCUT2D eigenvalue weighted by Crippen LogP contribution is -2.01. The van der Waals surface area contributed by atoms with E-state index < -0.39 is 0 Å². The molecule has 2 rings (SSSR count). The van der Waals surface area contributed by atoms with Crippen molar-refractivity contribution in [3.63, 3.8) is 0 Å². The van der Waals surface area contributed by atoms with Gasteiger partial charge in [-0.15, -0.1) is 0 Å². The van der Waals surface area contributed by atoms with Crippen LogP contribution < -0.4 is 10.6 Å². The second-order valence-corrected chi connectivity index (χ2v) is 4.98. The van der Waals surface area contributed by atoms with Crippen LogP contribution in [0.25, 0.3) is 0 Å². The second-order valence-electron chi connectivity index (χ2n) is 4.17. The van der Waals surface area contributed by atoms with Gasteiger partial charge in [-0.05, 0) is 30.7 Å². The first kappa shape index (κ1) is 14.4. The Morgan fingerprint density at radius 1 is 1.15 bits per heavy atom. The molecule has 2 aromatic rings. The van der Waals surface area contributed by atoms with E-state index in [0.29, 0.717) is 27.2 Å². The van der Waals surface area contributed by atoms with Crippen molar-refractivity contribution in [3.8, 4) is 6.07 Å². The summed E-state index contributed by atoms with van der Waals surface area (Å²) in [4.78, 5) is 4.31. The van der Waals surface area contributed by atoms with Crippen molar-refractivity contribution in [1.29, 1.82) is 5.26 Å². The summed E-state index contributed by atoms with van der Waals surface area (Å²) in [5, 5.41) is 15.8. The van der Waals surface area contributed by atoms with E-state index in [2.05, 4.69) is 21.7 Å². The van der Waals surface area contributed by atoms with E-state index in [-0.39, 0.29) is 0 Å². The van der Waals surface area contributed by atoms with Gasteiger partial charge in [0.05, 0.1) is 21.7 Å². The molecule has 0 aliphatic rings. The van der Waals surface area contributed by atoms with E-state index in [4.69, 9.17) is 28.5 Å². The molecule has 0 unspecified atom stereocenters. The molecule has 0 aliphatic carbocycles. The van der Waals surface area contributed by atoms with Crippen LogP contribution >= 0.6 is 23.2 Å². The zero-order chi connectivity index (χ0) is 14.7. The van der Waals surface area contributed by atoms with Gasteiger partial charge in [0, 0.05) is 12.7 Å². The van der Waals surface area contributed by atoms with Crippen LogP contribution in [-0.4, -0.2) is 12.0 Å². The minimum absolute atomic E-state index is 0.413. The highest BCUT2D eigenvalue weighted by atomic mass is 35.5. The normalized spacial score (nSPS) is 9.95. The number of nitrogens with one attached hydrogen (secondary N) is 2.